The minimum absolute atomic E-state index is 0.0756. The van der Waals surface area contributed by atoms with Crippen molar-refractivity contribution >= 4 is 26.6 Å². The van der Waals surface area contributed by atoms with E-state index in [0.717, 1.165) is 10.9 Å². The molecule has 0 unspecified atom stereocenters. The summed E-state index contributed by atoms with van der Waals surface area (Å²) in [5, 5.41) is 5.93. The van der Waals surface area contributed by atoms with Crippen LogP contribution in [0.1, 0.15) is 0 Å². The van der Waals surface area contributed by atoms with Gasteiger partial charge in [-0.3, -0.25) is 0 Å². The van der Waals surface area contributed by atoms with Crippen LogP contribution in [0.3, 0.4) is 0 Å². The fraction of sp³-hybridized carbons (Fsp3) is 0. The SMILES string of the molecule is Nc1ccc(S(N)(=O)=O)cc1.c1ccc2ncncc2c1. The summed E-state index contributed by atoms with van der Waals surface area (Å²) in [6.45, 7) is 0. The quantitative estimate of drug-likeness (QED) is 0.662. The summed E-state index contributed by atoms with van der Waals surface area (Å²) in [6, 6.07) is 13.6. The predicted molar refractivity (Wildman–Crippen MR) is 81.8 cm³/mol. The van der Waals surface area contributed by atoms with E-state index < -0.39 is 10.0 Å². The first kappa shape index (κ1) is 14.9. The third-order valence-corrected chi connectivity index (χ3v) is 3.55. The molecule has 1 heterocycles. The van der Waals surface area contributed by atoms with Crippen molar-refractivity contribution in [3.8, 4) is 0 Å². The second kappa shape index (κ2) is 6.29. The van der Waals surface area contributed by atoms with Gasteiger partial charge in [0.25, 0.3) is 0 Å². The van der Waals surface area contributed by atoms with Crippen LogP contribution in [0.4, 0.5) is 5.69 Å². The Kier molecular flexibility index (Phi) is 4.46. The number of primary sulfonamides is 1. The molecule has 4 N–H and O–H groups in total. The van der Waals surface area contributed by atoms with Crippen LogP contribution in [0.15, 0.2) is 66.0 Å². The van der Waals surface area contributed by atoms with Gasteiger partial charge in [0, 0.05) is 17.3 Å². The number of hydrogen-bond acceptors (Lipinski definition) is 5. The van der Waals surface area contributed by atoms with E-state index >= 15 is 0 Å². The number of nitrogens with zero attached hydrogens (tertiary/aromatic N) is 2. The number of nitrogens with two attached hydrogens (primary N) is 2. The van der Waals surface area contributed by atoms with Crippen LogP contribution >= 0.6 is 0 Å². The summed E-state index contributed by atoms with van der Waals surface area (Å²) in [7, 11) is -3.58. The zero-order valence-corrected chi connectivity index (χ0v) is 11.9. The Hall–Kier alpha value is -2.51. The summed E-state index contributed by atoms with van der Waals surface area (Å²) in [4.78, 5) is 8.05. The maximum Gasteiger partial charge on any atom is 0.238 e. The number of aromatic nitrogens is 2. The lowest BCUT2D eigenvalue weighted by Crippen LogP contribution is -2.11. The molecule has 0 spiro atoms. The average molecular weight is 302 g/mol. The van der Waals surface area contributed by atoms with Crippen molar-refractivity contribution in [2.45, 2.75) is 4.90 Å². The lowest BCUT2D eigenvalue weighted by molar-refractivity contribution is 0.598. The van der Waals surface area contributed by atoms with Gasteiger partial charge in [-0.25, -0.2) is 23.5 Å². The lowest BCUT2D eigenvalue weighted by atomic mass is 10.2. The van der Waals surface area contributed by atoms with Crippen molar-refractivity contribution in [2.24, 2.45) is 5.14 Å². The molecule has 1 aromatic heterocycles. The highest BCUT2D eigenvalue weighted by atomic mass is 32.2. The van der Waals surface area contributed by atoms with Gasteiger partial charge in [0.1, 0.15) is 6.33 Å². The topological polar surface area (TPSA) is 112 Å². The molecule has 0 saturated heterocycles. The Morgan fingerprint density at radius 1 is 0.952 bits per heavy atom. The summed E-state index contributed by atoms with van der Waals surface area (Å²) in [6.07, 6.45) is 3.37. The summed E-state index contributed by atoms with van der Waals surface area (Å²) in [5.41, 5.74) is 6.84. The molecular weight excluding hydrogens is 288 g/mol. The van der Waals surface area contributed by atoms with E-state index in [2.05, 4.69) is 9.97 Å². The number of benzene rings is 2. The molecule has 2 aromatic carbocycles. The molecule has 108 valence electrons. The van der Waals surface area contributed by atoms with Gasteiger partial charge in [-0.05, 0) is 30.3 Å². The van der Waals surface area contributed by atoms with E-state index in [1.165, 1.54) is 24.3 Å². The number of anilines is 1. The summed E-state index contributed by atoms with van der Waals surface area (Å²) >= 11 is 0. The van der Waals surface area contributed by atoms with Crippen molar-refractivity contribution < 1.29 is 8.42 Å². The van der Waals surface area contributed by atoms with Crippen LogP contribution in [0, 0.1) is 0 Å². The van der Waals surface area contributed by atoms with Gasteiger partial charge in [0.05, 0.1) is 10.4 Å². The van der Waals surface area contributed by atoms with Gasteiger partial charge in [-0.1, -0.05) is 18.2 Å². The number of hydrogen-bond donors (Lipinski definition) is 2. The van der Waals surface area contributed by atoms with E-state index in [1.807, 2.05) is 30.5 Å². The highest BCUT2D eigenvalue weighted by molar-refractivity contribution is 7.89. The fourth-order valence-electron chi connectivity index (χ4n) is 1.58. The standard InChI is InChI=1S/C8H6N2.C6H8N2O2S/c1-2-4-8-7(3-1)5-9-6-10-8;7-5-1-3-6(4-2-5)11(8,9)10/h1-6H;1-4H,7H2,(H2,8,9,10). The Balaban J connectivity index is 0.000000154. The minimum Gasteiger partial charge on any atom is -0.399 e. The lowest BCUT2D eigenvalue weighted by Gasteiger charge is -1.96. The highest BCUT2D eigenvalue weighted by Gasteiger charge is 2.04. The van der Waals surface area contributed by atoms with Crippen molar-refractivity contribution in [3.05, 3.63) is 61.1 Å². The molecule has 0 aliphatic rings. The highest BCUT2D eigenvalue weighted by Crippen LogP contribution is 2.09. The zero-order valence-electron chi connectivity index (χ0n) is 11.0. The van der Waals surface area contributed by atoms with Crippen LogP contribution in [-0.4, -0.2) is 18.4 Å². The van der Waals surface area contributed by atoms with Crippen LogP contribution in [0.25, 0.3) is 10.9 Å². The monoisotopic (exact) mass is 302 g/mol. The first-order chi connectivity index (χ1) is 9.97. The van der Waals surface area contributed by atoms with Gasteiger partial charge >= 0.3 is 0 Å². The largest absolute Gasteiger partial charge is 0.399 e. The van der Waals surface area contributed by atoms with Crippen molar-refractivity contribution in [1.82, 2.24) is 9.97 Å². The molecule has 0 amide bonds. The molecular formula is C14H14N4O2S. The van der Waals surface area contributed by atoms with Crippen LogP contribution in [-0.2, 0) is 10.0 Å². The Bertz CT molecular complexity index is 767. The van der Waals surface area contributed by atoms with Crippen LogP contribution in [0.5, 0.6) is 0 Å². The number of fused-ring (bicyclic) bond motifs is 1. The zero-order chi connectivity index (χ0) is 15.3. The Morgan fingerprint density at radius 3 is 2.24 bits per heavy atom. The van der Waals surface area contributed by atoms with Crippen molar-refractivity contribution in [2.75, 3.05) is 5.73 Å². The van der Waals surface area contributed by atoms with Crippen LogP contribution in [0.2, 0.25) is 0 Å². The van der Waals surface area contributed by atoms with E-state index in [-0.39, 0.29) is 4.90 Å². The summed E-state index contributed by atoms with van der Waals surface area (Å²) < 4.78 is 21.4. The minimum atomic E-state index is -3.58. The number of para-hydroxylation sites is 1. The molecule has 0 radical (unpaired) electrons. The van der Waals surface area contributed by atoms with E-state index in [4.69, 9.17) is 10.9 Å². The second-order valence-electron chi connectivity index (χ2n) is 4.20. The van der Waals surface area contributed by atoms with Gasteiger partial charge < -0.3 is 5.73 Å². The van der Waals surface area contributed by atoms with Crippen molar-refractivity contribution in [1.29, 1.82) is 0 Å². The van der Waals surface area contributed by atoms with Crippen molar-refractivity contribution in [3.63, 3.8) is 0 Å². The molecule has 3 aromatic rings. The second-order valence-corrected chi connectivity index (χ2v) is 5.76. The molecule has 3 rings (SSSR count). The third kappa shape index (κ3) is 4.23. The Morgan fingerprint density at radius 2 is 1.62 bits per heavy atom. The smallest absolute Gasteiger partial charge is 0.238 e. The normalized spacial score (nSPS) is 10.7. The summed E-state index contributed by atoms with van der Waals surface area (Å²) in [5.74, 6) is 0. The molecule has 6 nitrogen and oxygen atoms in total. The molecule has 0 saturated carbocycles. The maximum absolute atomic E-state index is 10.7. The first-order valence-corrected chi connectivity index (χ1v) is 7.54. The third-order valence-electron chi connectivity index (χ3n) is 2.62. The number of rotatable bonds is 1. The number of sulfonamides is 1. The maximum atomic E-state index is 10.7. The predicted octanol–water partition coefficient (Wildman–Crippen LogP) is 1.55. The van der Waals surface area contributed by atoms with Gasteiger partial charge in [-0.2, -0.15) is 0 Å². The molecule has 0 fully saturated rings. The molecule has 0 aliphatic heterocycles. The molecule has 0 atom stereocenters. The molecule has 0 bridgehead atoms. The van der Waals surface area contributed by atoms with E-state index in [0.29, 0.717) is 5.69 Å². The first-order valence-electron chi connectivity index (χ1n) is 6.00. The number of nitrogen functional groups attached to an aromatic ring is 1. The van der Waals surface area contributed by atoms with Crippen LogP contribution < -0.4 is 10.9 Å². The van der Waals surface area contributed by atoms with Gasteiger partial charge in [-0.15, -0.1) is 0 Å². The Labute approximate surface area is 122 Å². The van der Waals surface area contributed by atoms with Gasteiger partial charge in [0.15, 0.2) is 0 Å². The van der Waals surface area contributed by atoms with Gasteiger partial charge in [0.2, 0.25) is 10.0 Å². The fourth-order valence-corrected chi connectivity index (χ4v) is 2.10. The van der Waals surface area contributed by atoms with E-state index in [1.54, 1.807) is 6.33 Å². The molecule has 7 heteroatoms. The average Bonchev–Trinajstić information content (AvgIpc) is 2.47. The van der Waals surface area contributed by atoms with E-state index in [9.17, 15) is 8.42 Å². The molecule has 0 aliphatic carbocycles. The molecule has 21 heavy (non-hydrogen) atoms.